The summed E-state index contributed by atoms with van der Waals surface area (Å²) in [5.41, 5.74) is 3.78. The van der Waals surface area contributed by atoms with Gasteiger partial charge in [-0.05, 0) is 39.7 Å². The highest BCUT2D eigenvalue weighted by Crippen LogP contribution is 2.44. The lowest BCUT2D eigenvalue weighted by molar-refractivity contribution is 1.19. The Labute approximate surface area is 206 Å². The molecular formula is C33H27NSi. The lowest BCUT2D eigenvalue weighted by Gasteiger charge is -2.18. The summed E-state index contributed by atoms with van der Waals surface area (Å²) in [6, 6.07) is 40.5. The van der Waals surface area contributed by atoms with Crippen LogP contribution < -0.4 is 5.19 Å². The highest BCUT2D eigenvalue weighted by molar-refractivity contribution is 6.88. The molecule has 0 spiro atoms. The van der Waals surface area contributed by atoms with Gasteiger partial charge in [0.25, 0.3) is 0 Å². The maximum atomic E-state index is 2.49. The van der Waals surface area contributed by atoms with Gasteiger partial charge in [-0.2, -0.15) is 0 Å². The van der Waals surface area contributed by atoms with E-state index in [0.29, 0.717) is 0 Å². The van der Waals surface area contributed by atoms with Gasteiger partial charge < -0.3 is 4.57 Å². The summed E-state index contributed by atoms with van der Waals surface area (Å²) >= 11 is 0. The summed E-state index contributed by atoms with van der Waals surface area (Å²) in [6.07, 6.45) is 0. The molecule has 0 aliphatic heterocycles. The van der Waals surface area contributed by atoms with E-state index in [-0.39, 0.29) is 0 Å². The quantitative estimate of drug-likeness (QED) is 0.178. The molecular weight excluding hydrogens is 438 g/mol. The molecule has 2 heteroatoms. The Morgan fingerprint density at radius 1 is 0.486 bits per heavy atom. The molecule has 0 saturated carbocycles. The molecule has 0 unspecified atom stereocenters. The van der Waals surface area contributed by atoms with Crippen LogP contribution in [0.5, 0.6) is 0 Å². The number of aromatic nitrogens is 1. The second-order valence-corrected chi connectivity index (χ2v) is 15.7. The summed E-state index contributed by atoms with van der Waals surface area (Å²) in [5.74, 6) is 0. The number of rotatable bonds is 2. The highest BCUT2D eigenvalue weighted by Gasteiger charge is 2.21. The van der Waals surface area contributed by atoms with Crippen molar-refractivity contribution in [2.45, 2.75) is 19.6 Å². The highest BCUT2D eigenvalue weighted by atomic mass is 28.3. The molecule has 0 radical (unpaired) electrons. The number of hydrogen-bond donors (Lipinski definition) is 0. The fourth-order valence-corrected chi connectivity index (χ4v) is 6.98. The van der Waals surface area contributed by atoms with E-state index < -0.39 is 8.07 Å². The van der Waals surface area contributed by atoms with Crippen LogP contribution in [0.1, 0.15) is 0 Å². The third kappa shape index (κ3) is 2.93. The van der Waals surface area contributed by atoms with Crippen molar-refractivity contribution in [2.75, 3.05) is 0 Å². The third-order valence-electron chi connectivity index (χ3n) is 7.52. The molecule has 0 bridgehead atoms. The molecule has 7 rings (SSSR count). The molecule has 0 aliphatic carbocycles. The van der Waals surface area contributed by atoms with Crippen molar-refractivity contribution >= 4 is 67.4 Å². The predicted molar refractivity (Wildman–Crippen MR) is 156 cm³/mol. The SMILES string of the molecule is C[Si](C)(C)c1ccc(-n2c3ccccc3c3c4c5ccccc5ccc4c4ccccc4c32)cc1. The van der Waals surface area contributed by atoms with Gasteiger partial charge in [0.05, 0.1) is 19.1 Å². The number of para-hydroxylation sites is 1. The Bertz CT molecular complexity index is 1920. The van der Waals surface area contributed by atoms with Crippen molar-refractivity contribution in [1.82, 2.24) is 4.57 Å². The molecule has 1 nitrogen and oxygen atoms in total. The molecule has 168 valence electrons. The van der Waals surface area contributed by atoms with Crippen molar-refractivity contribution in [3.63, 3.8) is 0 Å². The fraction of sp³-hybridized carbons (Fsp3) is 0.0909. The van der Waals surface area contributed by atoms with Crippen LogP contribution >= 0.6 is 0 Å². The molecule has 0 aliphatic rings. The van der Waals surface area contributed by atoms with Crippen molar-refractivity contribution in [1.29, 1.82) is 0 Å². The monoisotopic (exact) mass is 465 g/mol. The molecule has 35 heavy (non-hydrogen) atoms. The topological polar surface area (TPSA) is 4.93 Å². The van der Waals surface area contributed by atoms with E-state index in [4.69, 9.17) is 0 Å². The van der Waals surface area contributed by atoms with E-state index in [0.717, 1.165) is 0 Å². The first-order valence-corrected chi connectivity index (χ1v) is 15.9. The van der Waals surface area contributed by atoms with E-state index in [9.17, 15) is 0 Å². The van der Waals surface area contributed by atoms with E-state index in [2.05, 4.69) is 133 Å². The molecule has 7 aromatic rings. The van der Waals surface area contributed by atoms with Crippen LogP contribution in [-0.4, -0.2) is 12.6 Å². The van der Waals surface area contributed by atoms with Gasteiger partial charge in [-0.25, -0.2) is 0 Å². The van der Waals surface area contributed by atoms with Gasteiger partial charge in [0.15, 0.2) is 0 Å². The van der Waals surface area contributed by atoms with Crippen LogP contribution in [0, 0.1) is 0 Å². The van der Waals surface area contributed by atoms with E-state index in [1.807, 2.05) is 0 Å². The second kappa shape index (κ2) is 7.31. The van der Waals surface area contributed by atoms with E-state index in [1.54, 1.807) is 0 Å². The van der Waals surface area contributed by atoms with Gasteiger partial charge in [0.2, 0.25) is 0 Å². The van der Waals surface area contributed by atoms with Crippen LogP contribution in [0.25, 0.3) is 59.8 Å². The van der Waals surface area contributed by atoms with Gasteiger partial charge in [0.1, 0.15) is 0 Å². The lowest BCUT2D eigenvalue weighted by Crippen LogP contribution is -2.37. The minimum absolute atomic E-state index is 1.22. The zero-order chi connectivity index (χ0) is 23.7. The first-order chi connectivity index (χ1) is 17.0. The molecule has 1 aromatic heterocycles. The van der Waals surface area contributed by atoms with Gasteiger partial charge >= 0.3 is 0 Å². The fourth-order valence-electron chi connectivity index (χ4n) is 5.82. The lowest BCUT2D eigenvalue weighted by atomic mass is 9.93. The summed E-state index contributed by atoms with van der Waals surface area (Å²) in [5, 5.41) is 12.0. The Hall–Kier alpha value is -3.88. The molecule has 0 saturated heterocycles. The average Bonchev–Trinajstić information content (AvgIpc) is 3.23. The first kappa shape index (κ1) is 20.5. The van der Waals surface area contributed by atoms with Crippen molar-refractivity contribution < 1.29 is 0 Å². The number of hydrogen-bond acceptors (Lipinski definition) is 0. The zero-order valence-corrected chi connectivity index (χ0v) is 21.3. The Morgan fingerprint density at radius 3 is 1.86 bits per heavy atom. The first-order valence-electron chi connectivity index (χ1n) is 12.4. The van der Waals surface area contributed by atoms with Crippen LogP contribution in [0.3, 0.4) is 0 Å². The Balaban J connectivity index is 1.75. The van der Waals surface area contributed by atoms with Gasteiger partial charge in [-0.1, -0.05) is 116 Å². The maximum Gasteiger partial charge on any atom is 0.0775 e. The van der Waals surface area contributed by atoms with Gasteiger partial charge in [-0.15, -0.1) is 0 Å². The molecule has 0 atom stereocenters. The maximum absolute atomic E-state index is 2.49. The average molecular weight is 466 g/mol. The van der Waals surface area contributed by atoms with Crippen LogP contribution in [0.15, 0.2) is 109 Å². The number of fused-ring (bicyclic) bond motifs is 10. The third-order valence-corrected chi connectivity index (χ3v) is 9.58. The Morgan fingerprint density at radius 2 is 1.11 bits per heavy atom. The molecule has 0 fully saturated rings. The number of benzene rings is 6. The van der Waals surface area contributed by atoms with Gasteiger partial charge in [-0.3, -0.25) is 0 Å². The largest absolute Gasteiger partial charge is 0.309 e. The minimum Gasteiger partial charge on any atom is -0.309 e. The molecule has 1 heterocycles. The van der Waals surface area contributed by atoms with E-state index >= 15 is 0 Å². The predicted octanol–water partition coefficient (Wildman–Crippen LogP) is 8.79. The van der Waals surface area contributed by atoms with Crippen LogP contribution in [-0.2, 0) is 0 Å². The molecule has 6 aromatic carbocycles. The summed E-state index contributed by atoms with van der Waals surface area (Å²) in [7, 11) is -1.37. The van der Waals surface area contributed by atoms with Crippen LogP contribution in [0.4, 0.5) is 0 Å². The summed E-state index contributed by atoms with van der Waals surface area (Å²) in [4.78, 5) is 0. The number of nitrogens with zero attached hydrogens (tertiary/aromatic N) is 1. The van der Waals surface area contributed by atoms with Crippen molar-refractivity contribution in [3.8, 4) is 5.69 Å². The standard InChI is InChI=1S/C33H27NSi/c1-35(2,3)24-19-17-23(18-20-24)34-30-15-9-8-14-29(30)32-31-25-11-5-4-10-22(25)16-21-27(31)26-12-6-7-13-28(26)33(32)34/h4-21H,1-3H3. The summed E-state index contributed by atoms with van der Waals surface area (Å²) in [6.45, 7) is 7.23. The smallest absolute Gasteiger partial charge is 0.0775 e. The second-order valence-electron chi connectivity index (χ2n) is 10.6. The minimum atomic E-state index is -1.37. The molecule has 0 N–H and O–H groups in total. The molecule has 0 amide bonds. The summed E-state index contributed by atoms with van der Waals surface area (Å²) < 4.78 is 2.49. The van der Waals surface area contributed by atoms with Crippen molar-refractivity contribution in [2.24, 2.45) is 0 Å². The van der Waals surface area contributed by atoms with E-state index in [1.165, 1.54) is 65.0 Å². The zero-order valence-electron chi connectivity index (χ0n) is 20.3. The Kier molecular flexibility index (Phi) is 4.28. The van der Waals surface area contributed by atoms with Crippen molar-refractivity contribution in [3.05, 3.63) is 109 Å². The van der Waals surface area contributed by atoms with Crippen LogP contribution in [0.2, 0.25) is 19.6 Å². The normalized spacial score (nSPS) is 12.4. The van der Waals surface area contributed by atoms with Gasteiger partial charge in [0, 0.05) is 27.2 Å².